The summed E-state index contributed by atoms with van der Waals surface area (Å²) in [5, 5.41) is 9.17. The Bertz CT molecular complexity index is 72.0. The van der Waals surface area contributed by atoms with Gasteiger partial charge >= 0.3 is 0 Å². The second-order valence-electron chi connectivity index (χ2n) is 2.87. The molecule has 0 aromatic heterocycles. The van der Waals surface area contributed by atoms with Crippen LogP contribution in [0.1, 0.15) is 0 Å². The Balaban J connectivity index is 2.34. The van der Waals surface area contributed by atoms with Crippen molar-refractivity contribution in [3.63, 3.8) is 0 Å². The molecular weight excluding hydrogens is 116 g/mol. The zero-order valence-electron chi connectivity index (χ0n) is 6.04. The van der Waals surface area contributed by atoms with E-state index >= 15 is 0 Å². The summed E-state index contributed by atoms with van der Waals surface area (Å²) in [6.45, 7) is 2.59. The highest BCUT2D eigenvalue weighted by Gasteiger charge is 2.17. The van der Waals surface area contributed by atoms with E-state index in [1.807, 2.05) is 14.1 Å². The van der Waals surface area contributed by atoms with Gasteiger partial charge in [-0.25, -0.2) is 0 Å². The maximum Gasteiger partial charge on any atom is 0.0794 e. The van der Waals surface area contributed by atoms with Gasteiger partial charge in [-0.1, -0.05) is 0 Å². The fourth-order valence-electron chi connectivity index (χ4n) is 1.30. The van der Waals surface area contributed by atoms with Crippen LogP contribution < -0.4 is 0 Å². The van der Waals surface area contributed by atoms with E-state index in [-0.39, 0.29) is 6.10 Å². The first-order valence-electron chi connectivity index (χ1n) is 3.23. The fraction of sp³-hybridized carbons (Fsp3) is 1.00. The second kappa shape index (κ2) is 2.64. The standard InChI is InChI=1S/C6H14N2O/c1-7-3-6(9)4-8(2)5-7/h6,9H,3-5H2,1-2H3. The molecule has 0 saturated carbocycles. The summed E-state index contributed by atoms with van der Waals surface area (Å²) in [5.74, 6) is 0. The highest BCUT2D eigenvalue weighted by molar-refractivity contribution is 4.70. The predicted octanol–water partition coefficient (Wildman–Crippen LogP) is -0.818. The van der Waals surface area contributed by atoms with Gasteiger partial charge in [0, 0.05) is 13.1 Å². The van der Waals surface area contributed by atoms with Crippen LogP contribution in [-0.2, 0) is 0 Å². The number of β-amino-alcohol motifs (C(OH)–C–C–N with tert-alkyl or cyclic N) is 1. The third kappa shape index (κ3) is 1.93. The lowest BCUT2D eigenvalue weighted by Crippen LogP contribution is -2.48. The van der Waals surface area contributed by atoms with Crippen molar-refractivity contribution in [2.75, 3.05) is 33.9 Å². The Labute approximate surface area is 55.9 Å². The molecule has 1 saturated heterocycles. The van der Waals surface area contributed by atoms with Crippen LogP contribution in [0, 0.1) is 0 Å². The molecule has 0 amide bonds. The Hall–Kier alpha value is -0.120. The minimum atomic E-state index is -0.159. The second-order valence-corrected chi connectivity index (χ2v) is 2.87. The average molecular weight is 130 g/mol. The van der Waals surface area contributed by atoms with Crippen molar-refractivity contribution in [1.29, 1.82) is 0 Å². The van der Waals surface area contributed by atoms with Crippen molar-refractivity contribution in [2.24, 2.45) is 0 Å². The fourth-order valence-corrected chi connectivity index (χ4v) is 1.30. The number of aliphatic hydroxyl groups excluding tert-OH is 1. The van der Waals surface area contributed by atoms with E-state index in [1.165, 1.54) is 0 Å². The highest BCUT2D eigenvalue weighted by atomic mass is 16.3. The molecule has 0 bridgehead atoms. The number of hydrogen-bond acceptors (Lipinski definition) is 3. The van der Waals surface area contributed by atoms with Gasteiger partial charge in [0.1, 0.15) is 0 Å². The Morgan fingerprint density at radius 3 is 2.00 bits per heavy atom. The summed E-state index contributed by atoms with van der Waals surface area (Å²) in [4.78, 5) is 4.21. The average Bonchev–Trinajstić information content (AvgIpc) is 1.59. The van der Waals surface area contributed by atoms with Crippen molar-refractivity contribution >= 4 is 0 Å². The first kappa shape index (κ1) is 6.99. The van der Waals surface area contributed by atoms with Crippen molar-refractivity contribution in [2.45, 2.75) is 6.10 Å². The van der Waals surface area contributed by atoms with Crippen molar-refractivity contribution < 1.29 is 5.11 Å². The minimum absolute atomic E-state index is 0.159. The maximum absolute atomic E-state index is 9.17. The van der Waals surface area contributed by atoms with Gasteiger partial charge < -0.3 is 5.11 Å². The number of likely N-dealkylation sites (N-methyl/N-ethyl adjacent to an activating group) is 2. The van der Waals surface area contributed by atoms with E-state index in [9.17, 15) is 0 Å². The minimum Gasteiger partial charge on any atom is -0.390 e. The molecule has 0 aromatic carbocycles. The monoisotopic (exact) mass is 130 g/mol. The summed E-state index contributed by atoms with van der Waals surface area (Å²) in [6.07, 6.45) is -0.159. The topological polar surface area (TPSA) is 26.7 Å². The molecule has 0 aliphatic carbocycles. The molecule has 1 rings (SSSR count). The molecule has 3 heteroatoms. The van der Waals surface area contributed by atoms with Gasteiger partial charge in [0.25, 0.3) is 0 Å². The smallest absolute Gasteiger partial charge is 0.0794 e. The van der Waals surface area contributed by atoms with E-state index in [0.717, 1.165) is 19.8 Å². The normalized spacial score (nSPS) is 27.0. The predicted molar refractivity (Wildman–Crippen MR) is 36.1 cm³/mol. The molecule has 54 valence electrons. The van der Waals surface area contributed by atoms with Gasteiger partial charge in [-0.2, -0.15) is 0 Å². The van der Waals surface area contributed by atoms with Crippen LogP contribution in [0.3, 0.4) is 0 Å². The first-order chi connectivity index (χ1) is 4.18. The third-order valence-electron chi connectivity index (χ3n) is 1.53. The number of rotatable bonds is 0. The zero-order chi connectivity index (χ0) is 6.85. The van der Waals surface area contributed by atoms with Gasteiger partial charge in [-0.15, -0.1) is 0 Å². The Morgan fingerprint density at radius 1 is 1.22 bits per heavy atom. The zero-order valence-corrected chi connectivity index (χ0v) is 6.04. The van der Waals surface area contributed by atoms with E-state index in [0.29, 0.717) is 0 Å². The van der Waals surface area contributed by atoms with Crippen molar-refractivity contribution in [3.8, 4) is 0 Å². The summed E-state index contributed by atoms with van der Waals surface area (Å²) in [6, 6.07) is 0. The van der Waals surface area contributed by atoms with Gasteiger partial charge in [0.15, 0.2) is 0 Å². The molecule has 0 atom stereocenters. The van der Waals surface area contributed by atoms with Crippen LogP contribution in [0.25, 0.3) is 0 Å². The molecule has 0 spiro atoms. The highest BCUT2D eigenvalue weighted by Crippen LogP contribution is 2.00. The van der Waals surface area contributed by atoms with E-state index in [4.69, 9.17) is 5.11 Å². The number of aliphatic hydroxyl groups is 1. The molecular formula is C6H14N2O. The van der Waals surface area contributed by atoms with Crippen LogP contribution >= 0.6 is 0 Å². The van der Waals surface area contributed by atoms with Gasteiger partial charge in [-0.05, 0) is 14.1 Å². The van der Waals surface area contributed by atoms with Gasteiger partial charge in [-0.3, -0.25) is 9.80 Å². The first-order valence-corrected chi connectivity index (χ1v) is 3.23. The lowest BCUT2D eigenvalue weighted by molar-refractivity contribution is 0.0184. The van der Waals surface area contributed by atoms with Crippen LogP contribution in [0.2, 0.25) is 0 Å². The molecule has 0 unspecified atom stereocenters. The van der Waals surface area contributed by atoms with E-state index in [2.05, 4.69) is 9.80 Å². The maximum atomic E-state index is 9.17. The number of nitrogens with zero attached hydrogens (tertiary/aromatic N) is 2. The van der Waals surface area contributed by atoms with Crippen molar-refractivity contribution in [3.05, 3.63) is 0 Å². The Kier molecular flexibility index (Phi) is 2.05. The van der Waals surface area contributed by atoms with E-state index in [1.54, 1.807) is 0 Å². The SMILES string of the molecule is CN1CC(O)CN(C)C1. The van der Waals surface area contributed by atoms with Crippen LogP contribution in [0.15, 0.2) is 0 Å². The molecule has 9 heavy (non-hydrogen) atoms. The molecule has 0 aromatic rings. The molecule has 0 radical (unpaired) electrons. The van der Waals surface area contributed by atoms with Crippen molar-refractivity contribution in [1.82, 2.24) is 9.80 Å². The summed E-state index contributed by atoms with van der Waals surface area (Å²) in [5.41, 5.74) is 0. The van der Waals surface area contributed by atoms with Crippen LogP contribution in [0.4, 0.5) is 0 Å². The van der Waals surface area contributed by atoms with Gasteiger partial charge in [0.2, 0.25) is 0 Å². The molecule has 1 heterocycles. The van der Waals surface area contributed by atoms with Crippen LogP contribution in [-0.4, -0.2) is 54.9 Å². The molecule has 3 nitrogen and oxygen atoms in total. The summed E-state index contributed by atoms with van der Waals surface area (Å²) >= 11 is 0. The summed E-state index contributed by atoms with van der Waals surface area (Å²) < 4.78 is 0. The third-order valence-corrected chi connectivity index (χ3v) is 1.53. The lowest BCUT2D eigenvalue weighted by atomic mass is 10.3. The number of hydrogen-bond donors (Lipinski definition) is 1. The molecule has 1 fully saturated rings. The van der Waals surface area contributed by atoms with E-state index < -0.39 is 0 Å². The summed E-state index contributed by atoms with van der Waals surface area (Å²) in [7, 11) is 4.03. The van der Waals surface area contributed by atoms with Gasteiger partial charge in [0.05, 0.1) is 12.8 Å². The molecule has 1 aliphatic rings. The molecule has 1 N–H and O–H groups in total. The largest absolute Gasteiger partial charge is 0.390 e. The lowest BCUT2D eigenvalue weighted by Gasteiger charge is -2.33. The van der Waals surface area contributed by atoms with Crippen LogP contribution in [0.5, 0.6) is 0 Å². The Morgan fingerprint density at radius 2 is 1.67 bits per heavy atom. The quantitative estimate of drug-likeness (QED) is 0.464. The molecule has 1 aliphatic heterocycles.